The van der Waals surface area contributed by atoms with Crippen LogP contribution < -0.4 is 10.2 Å². The van der Waals surface area contributed by atoms with Crippen molar-refractivity contribution >= 4 is 46.4 Å². The minimum atomic E-state index is -1.86. The second-order valence-corrected chi connectivity index (χ2v) is 7.94. The number of benzene rings is 2. The van der Waals surface area contributed by atoms with Crippen molar-refractivity contribution in [1.29, 1.82) is 0 Å². The summed E-state index contributed by atoms with van der Waals surface area (Å²) in [4.78, 5) is 26.0. The number of carbonyl (C=O) groups is 2. The van der Waals surface area contributed by atoms with Crippen molar-refractivity contribution in [1.82, 2.24) is 4.90 Å². The van der Waals surface area contributed by atoms with Gasteiger partial charge in [0.05, 0.1) is 5.97 Å². The van der Waals surface area contributed by atoms with Gasteiger partial charge >= 0.3 is 23.1 Å². The number of carboxylic acids is 1. The van der Waals surface area contributed by atoms with Crippen molar-refractivity contribution in [2.45, 2.75) is 25.8 Å². The molecule has 2 aromatic rings. The molecule has 7 heteroatoms. The summed E-state index contributed by atoms with van der Waals surface area (Å²) in [6, 6.07) is 17.3. The van der Waals surface area contributed by atoms with Crippen LogP contribution in [0.5, 0.6) is 0 Å². The number of piperidine rings is 1. The van der Waals surface area contributed by atoms with E-state index in [4.69, 9.17) is 11.6 Å². The molecule has 0 amide bonds. The van der Waals surface area contributed by atoms with E-state index in [1.807, 2.05) is 30.3 Å². The van der Waals surface area contributed by atoms with E-state index < -0.39 is 22.9 Å². The van der Waals surface area contributed by atoms with Crippen LogP contribution in [0.25, 0.3) is 0 Å². The van der Waals surface area contributed by atoms with Gasteiger partial charge in [0, 0.05) is 17.0 Å². The number of hydrogen-bond acceptors (Lipinski definition) is 5. The van der Waals surface area contributed by atoms with E-state index in [1.54, 1.807) is 12.1 Å². The number of likely N-dealkylation sites (tertiary alicyclic amines) is 1. The number of carbonyl (C=O) groups excluding carboxylic acids is 2. The maximum atomic E-state index is 13.0. The molecular weight excluding hydrogens is 414 g/mol. The minimum absolute atomic E-state index is 0. The van der Waals surface area contributed by atoms with Crippen LogP contribution in [0.2, 0.25) is 5.02 Å². The van der Waals surface area contributed by atoms with Crippen LogP contribution in [-0.4, -0.2) is 52.8 Å². The Morgan fingerprint density at radius 2 is 1.57 bits per heavy atom. The molecule has 2 aromatic carbocycles. The molecule has 1 fully saturated rings. The van der Waals surface area contributed by atoms with Gasteiger partial charge in [0.15, 0.2) is 5.78 Å². The van der Waals surface area contributed by atoms with Crippen LogP contribution >= 0.6 is 11.6 Å². The third kappa shape index (κ3) is 6.32. The number of ketones is 1. The summed E-state index contributed by atoms with van der Waals surface area (Å²) in [7, 11) is 0. The quantitative estimate of drug-likeness (QED) is 0.372. The second kappa shape index (κ2) is 11.0. The Labute approximate surface area is 197 Å². The van der Waals surface area contributed by atoms with Gasteiger partial charge in [-0.1, -0.05) is 59.8 Å². The van der Waals surface area contributed by atoms with Crippen LogP contribution in [-0.2, 0) is 22.6 Å². The monoisotopic (exact) mass is 435 g/mol. The molecule has 152 valence electrons. The predicted molar refractivity (Wildman–Crippen MR) is 112 cm³/mol. The van der Waals surface area contributed by atoms with Gasteiger partial charge in [0.1, 0.15) is 0 Å². The number of carboxylic acid groups (broad SMARTS) is 1. The summed E-state index contributed by atoms with van der Waals surface area (Å²) in [5.74, 6) is -3.58. The van der Waals surface area contributed by atoms with Crippen molar-refractivity contribution in [2.24, 2.45) is 5.41 Å². The molecule has 0 aliphatic carbocycles. The first-order valence-corrected chi connectivity index (χ1v) is 9.91. The molecule has 1 aliphatic rings. The second-order valence-electron chi connectivity index (χ2n) is 7.51. The normalized spacial score (nSPS) is 16.5. The van der Waals surface area contributed by atoms with Crippen LogP contribution in [0, 0.1) is 5.41 Å². The Balaban J connectivity index is 0.00000320. The molecule has 5 nitrogen and oxygen atoms in total. The van der Waals surface area contributed by atoms with Crippen LogP contribution in [0.1, 0.15) is 24.0 Å². The number of halogens is 1. The first-order valence-electron chi connectivity index (χ1n) is 9.53. The van der Waals surface area contributed by atoms with E-state index in [0.717, 1.165) is 12.1 Å². The predicted octanol–water partition coefficient (Wildman–Crippen LogP) is 1.35. The fraction of sp³-hybridized carbons (Fsp3) is 0.304. The zero-order valence-electron chi connectivity index (χ0n) is 16.7. The SMILES string of the molecule is O=C([O-])/C([O-])=C/C(=O)C1(Cc2ccc(Cl)cc2)CCN(Cc2ccccc2)CC1.[Mg+2]. The Kier molecular flexibility index (Phi) is 8.91. The largest absolute Gasteiger partial charge is 2.00 e. The van der Waals surface area contributed by atoms with Crippen molar-refractivity contribution in [2.75, 3.05) is 13.1 Å². The molecule has 0 bridgehead atoms. The fourth-order valence-electron chi connectivity index (χ4n) is 3.82. The first-order chi connectivity index (χ1) is 13.9. The molecule has 0 aromatic heterocycles. The molecule has 1 aliphatic heterocycles. The Morgan fingerprint density at radius 3 is 2.13 bits per heavy atom. The standard InChI is InChI=1S/C23H24ClNO4.Mg/c24-19-8-6-17(7-9-19)15-23(21(27)14-20(26)22(28)29)10-12-25(13-11-23)16-18-4-2-1-3-5-18;/h1-9,14,26H,10-13,15-16H2,(H,28,29);/q;+2/p-2/b20-14-;. The number of aliphatic carboxylic acids is 1. The molecule has 30 heavy (non-hydrogen) atoms. The number of allylic oxidation sites excluding steroid dienone is 1. The average molecular weight is 436 g/mol. The van der Waals surface area contributed by atoms with Crippen molar-refractivity contribution in [3.63, 3.8) is 0 Å². The third-order valence-corrected chi connectivity index (χ3v) is 5.76. The fourth-order valence-corrected chi connectivity index (χ4v) is 3.94. The average Bonchev–Trinajstić information content (AvgIpc) is 2.72. The molecular formula is C23H22ClMgNO4. The summed E-state index contributed by atoms with van der Waals surface area (Å²) in [6.45, 7) is 2.15. The van der Waals surface area contributed by atoms with Gasteiger partial charge in [-0.25, -0.2) is 0 Å². The summed E-state index contributed by atoms with van der Waals surface area (Å²) >= 11 is 5.95. The van der Waals surface area contributed by atoms with E-state index in [2.05, 4.69) is 17.0 Å². The van der Waals surface area contributed by atoms with E-state index >= 15 is 0 Å². The Hall–Kier alpha value is -1.86. The van der Waals surface area contributed by atoms with Gasteiger partial charge in [-0.15, -0.1) is 0 Å². The van der Waals surface area contributed by atoms with Gasteiger partial charge in [0.25, 0.3) is 0 Å². The number of nitrogens with zero attached hydrogens (tertiary/aromatic N) is 1. The summed E-state index contributed by atoms with van der Waals surface area (Å²) in [5, 5.41) is 23.0. The molecule has 0 saturated carbocycles. The van der Waals surface area contributed by atoms with Crippen molar-refractivity contribution in [3.8, 4) is 0 Å². The maximum Gasteiger partial charge on any atom is 2.00 e. The smallest absolute Gasteiger partial charge is 0.871 e. The number of hydrogen-bond donors (Lipinski definition) is 0. The molecule has 0 atom stereocenters. The maximum absolute atomic E-state index is 13.0. The van der Waals surface area contributed by atoms with Crippen molar-refractivity contribution < 1.29 is 19.8 Å². The molecule has 0 N–H and O–H groups in total. The molecule has 0 spiro atoms. The van der Waals surface area contributed by atoms with Crippen LogP contribution in [0.15, 0.2) is 66.4 Å². The van der Waals surface area contributed by atoms with Gasteiger partial charge in [0.2, 0.25) is 0 Å². The van der Waals surface area contributed by atoms with E-state index in [9.17, 15) is 19.8 Å². The molecule has 0 radical (unpaired) electrons. The van der Waals surface area contributed by atoms with E-state index in [1.165, 1.54) is 5.56 Å². The van der Waals surface area contributed by atoms with Crippen LogP contribution in [0.3, 0.4) is 0 Å². The molecule has 0 unspecified atom stereocenters. The van der Waals surface area contributed by atoms with Crippen LogP contribution in [0.4, 0.5) is 0 Å². The van der Waals surface area contributed by atoms with E-state index in [-0.39, 0.29) is 23.1 Å². The van der Waals surface area contributed by atoms with Gasteiger partial charge in [-0.3, -0.25) is 9.69 Å². The summed E-state index contributed by atoms with van der Waals surface area (Å²) < 4.78 is 0. The van der Waals surface area contributed by atoms with Crippen molar-refractivity contribution in [3.05, 3.63) is 82.6 Å². The summed E-state index contributed by atoms with van der Waals surface area (Å²) in [5.41, 5.74) is 1.31. The topological polar surface area (TPSA) is 83.5 Å². The summed E-state index contributed by atoms with van der Waals surface area (Å²) in [6.07, 6.45) is 2.20. The number of rotatable bonds is 7. The molecule has 1 saturated heterocycles. The molecule has 3 rings (SSSR count). The van der Waals surface area contributed by atoms with Gasteiger partial charge in [-0.2, -0.15) is 0 Å². The van der Waals surface area contributed by atoms with E-state index in [0.29, 0.717) is 43.5 Å². The minimum Gasteiger partial charge on any atom is -0.871 e. The zero-order valence-corrected chi connectivity index (χ0v) is 18.9. The van der Waals surface area contributed by atoms with Gasteiger partial charge < -0.3 is 15.0 Å². The zero-order chi connectivity index (χ0) is 20.9. The third-order valence-electron chi connectivity index (χ3n) is 5.50. The first kappa shape index (κ1) is 24.4. The van der Waals surface area contributed by atoms with Gasteiger partial charge in [-0.05, 0) is 61.7 Å². The Morgan fingerprint density at radius 1 is 0.967 bits per heavy atom. The molecule has 1 heterocycles. The Bertz CT molecular complexity index is 891.